The number of pyridine rings is 1. The molecule has 1 aromatic heterocycles. The molecule has 0 spiro atoms. The molecule has 0 radical (unpaired) electrons. The van der Waals surface area contributed by atoms with Crippen LogP contribution in [0.3, 0.4) is 0 Å². The molecule has 2 nitrogen and oxygen atoms in total. The minimum Gasteiger partial charge on any atom is -0.352 e. The number of nitrogens with zero attached hydrogens (tertiary/aromatic N) is 1. The van der Waals surface area contributed by atoms with Crippen molar-refractivity contribution in [1.29, 1.82) is 0 Å². The maximum Gasteiger partial charge on any atom is 0.149 e. The van der Waals surface area contributed by atoms with E-state index >= 15 is 0 Å². The molecule has 2 bridgehead atoms. The number of fused-ring (bicyclic) bond motifs is 5. The van der Waals surface area contributed by atoms with Gasteiger partial charge in [-0.1, -0.05) is 0 Å². The zero-order chi connectivity index (χ0) is 14.6. The van der Waals surface area contributed by atoms with Crippen molar-refractivity contribution < 1.29 is 8.78 Å². The fourth-order valence-corrected chi connectivity index (χ4v) is 3.94. The van der Waals surface area contributed by atoms with Crippen molar-refractivity contribution in [2.24, 2.45) is 0 Å². The average Bonchev–Trinajstić information content (AvgIpc) is 3.06. The number of aromatic nitrogens is 1. The van der Waals surface area contributed by atoms with Gasteiger partial charge in [-0.2, -0.15) is 0 Å². The van der Waals surface area contributed by atoms with Crippen LogP contribution in [0.5, 0.6) is 0 Å². The summed E-state index contributed by atoms with van der Waals surface area (Å²) in [5.41, 5.74) is 4.89. The Kier molecular flexibility index (Phi) is 2.74. The molecule has 2 unspecified atom stereocenters. The molecule has 2 aromatic rings. The Hall–Kier alpha value is -1.97. The summed E-state index contributed by atoms with van der Waals surface area (Å²) in [7, 11) is 0. The Morgan fingerprint density at radius 2 is 1.86 bits per heavy atom. The van der Waals surface area contributed by atoms with Gasteiger partial charge in [0.25, 0.3) is 0 Å². The Balaban J connectivity index is 1.77. The number of hydrogen-bond acceptors (Lipinski definition) is 2. The third-order valence-corrected chi connectivity index (χ3v) is 4.81. The molecule has 1 fully saturated rings. The topological polar surface area (TPSA) is 24.9 Å². The molecular formula is C17H16F2N2. The van der Waals surface area contributed by atoms with E-state index in [0.29, 0.717) is 17.5 Å². The molecule has 2 aliphatic carbocycles. The lowest BCUT2D eigenvalue weighted by Crippen LogP contribution is -2.07. The maximum atomic E-state index is 13.8. The first-order valence-corrected chi connectivity index (χ1v) is 7.35. The smallest absolute Gasteiger partial charge is 0.149 e. The SMILES string of the molecule is Cc1ncc(Nc2ccc(F)cc2F)c2c1C1CCC2C1. The zero-order valence-corrected chi connectivity index (χ0v) is 11.8. The molecule has 0 saturated heterocycles. The highest BCUT2D eigenvalue weighted by molar-refractivity contribution is 5.68. The minimum absolute atomic E-state index is 0.298. The lowest BCUT2D eigenvalue weighted by atomic mass is 9.90. The monoisotopic (exact) mass is 286 g/mol. The third-order valence-electron chi connectivity index (χ3n) is 4.81. The summed E-state index contributed by atoms with van der Waals surface area (Å²) in [5, 5.41) is 3.11. The molecule has 1 N–H and O–H groups in total. The van der Waals surface area contributed by atoms with Crippen LogP contribution in [-0.2, 0) is 0 Å². The van der Waals surface area contributed by atoms with Crippen LogP contribution >= 0.6 is 0 Å². The lowest BCUT2D eigenvalue weighted by Gasteiger charge is -2.21. The van der Waals surface area contributed by atoms with E-state index in [4.69, 9.17) is 0 Å². The largest absolute Gasteiger partial charge is 0.352 e. The Morgan fingerprint density at radius 1 is 1.10 bits per heavy atom. The van der Waals surface area contributed by atoms with Crippen LogP contribution in [0.4, 0.5) is 20.2 Å². The first-order chi connectivity index (χ1) is 10.1. The standard InChI is InChI=1S/C17H16F2N2/c1-9-16-10-2-3-11(6-10)17(16)15(8-20-9)21-14-5-4-12(18)7-13(14)19/h4-5,7-8,10-11,21H,2-3,6H2,1H3. The van der Waals surface area contributed by atoms with Crippen molar-refractivity contribution in [2.45, 2.75) is 38.0 Å². The van der Waals surface area contributed by atoms with Gasteiger partial charge in [0.05, 0.1) is 17.6 Å². The van der Waals surface area contributed by atoms with Crippen LogP contribution in [0.25, 0.3) is 0 Å². The van der Waals surface area contributed by atoms with E-state index in [1.807, 2.05) is 6.92 Å². The molecule has 4 heteroatoms. The van der Waals surface area contributed by atoms with Gasteiger partial charge in [0.1, 0.15) is 11.6 Å². The van der Waals surface area contributed by atoms with Crippen LogP contribution in [-0.4, -0.2) is 4.98 Å². The summed E-state index contributed by atoms with van der Waals surface area (Å²) in [6.45, 7) is 2.04. The second kappa shape index (κ2) is 4.52. The minimum atomic E-state index is -0.576. The van der Waals surface area contributed by atoms with E-state index in [2.05, 4.69) is 10.3 Å². The van der Waals surface area contributed by atoms with Gasteiger partial charge in [-0.05, 0) is 61.3 Å². The molecule has 108 valence electrons. The summed E-state index contributed by atoms with van der Waals surface area (Å²) < 4.78 is 26.8. The van der Waals surface area contributed by atoms with E-state index in [0.717, 1.165) is 17.4 Å². The van der Waals surface area contributed by atoms with Crippen molar-refractivity contribution >= 4 is 11.4 Å². The lowest BCUT2D eigenvalue weighted by molar-refractivity contribution is 0.586. The number of nitrogens with one attached hydrogen (secondary N) is 1. The number of hydrogen-bond donors (Lipinski definition) is 1. The fraction of sp³-hybridized carbons (Fsp3) is 0.353. The maximum absolute atomic E-state index is 13.8. The Bertz CT molecular complexity index is 727. The molecule has 1 saturated carbocycles. The van der Waals surface area contributed by atoms with Crippen molar-refractivity contribution in [1.82, 2.24) is 4.98 Å². The predicted molar refractivity (Wildman–Crippen MR) is 77.9 cm³/mol. The highest BCUT2D eigenvalue weighted by Crippen LogP contribution is 2.56. The molecular weight excluding hydrogens is 270 g/mol. The summed E-state index contributed by atoms with van der Waals surface area (Å²) >= 11 is 0. The number of benzene rings is 1. The summed E-state index contributed by atoms with van der Waals surface area (Å²) in [5.74, 6) is 0.0203. The van der Waals surface area contributed by atoms with Crippen molar-refractivity contribution in [2.75, 3.05) is 5.32 Å². The number of rotatable bonds is 2. The normalized spacial score (nSPS) is 22.4. The van der Waals surface area contributed by atoms with Gasteiger partial charge < -0.3 is 5.32 Å². The molecule has 0 amide bonds. The van der Waals surface area contributed by atoms with Gasteiger partial charge in [0.15, 0.2) is 0 Å². The van der Waals surface area contributed by atoms with Crippen LogP contribution < -0.4 is 5.32 Å². The van der Waals surface area contributed by atoms with Gasteiger partial charge in [0, 0.05) is 11.8 Å². The fourth-order valence-electron chi connectivity index (χ4n) is 3.94. The van der Waals surface area contributed by atoms with Gasteiger partial charge in [0.2, 0.25) is 0 Å². The van der Waals surface area contributed by atoms with E-state index in [9.17, 15) is 8.78 Å². The molecule has 1 heterocycles. The van der Waals surface area contributed by atoms with Gasteiger partial charge in [-0.15, -0.1) is 0 Å². The zero-order valence-electron chi connectivity index (χ0n) is 11.8. The third kappa shape index (κ3) is 1.93. The predicted octanol–water partition coefficient (Wildman–Crippen LogP) is 4.78. The molecule has 2 atom stereocenters. The van der Waals surface area contributed by atoms with E-state index in [1.165, 1.54) is 42.5 Å². The molecule has 21 heavy (non-hydrogen) atoms. The average molecular weight is 286 g/mol. The summed E-state index contributed by atoms with van der Waals surface area (Å²) in [6.07, 6.45) is 5.39. The first kappa shape index (κ1) is 12.7. The number of aryl methyl sites for hydroxylation is 1. The van der Waals surface area contributed by atoms with Gasteiger partial charge in [-0.3, -0.25) is 4.98 Å². The summed E-state index contributed by atoms with van der Waals surface area (Å²) in [6, 6.07) is 3.60. The molecule has 2 aliphatic rings. The second-order valence-electron chi connectivity index (χ2n) is 6.04. The van der Waals surface area contributed by atoms with E-state index in [-0.39, 0.29) is 0 Å². The quantitative estimate of drug-likeness (QED) is 0.859. The second-order valence-corrected chi connectivity index (χ2v) is 6.04. The van der Waals surface area contributed by atoms with E-state index in [1.54, 1.807) is 6.20 Å². The van der Waals surface area contributed by atoms with Crippen LogP contribution in [0.2, 0.25) is 0 Å². The number of halogens is 2. The van der Waals surface area contributed by atoms with Crippen molar-refractivity contribution in [3.05, 3.63) is 52.9 Å². The Labute approximate surface area is 122 Å². The van der Waals surface area contributed by atoms with Crippen LogP contribution in [0, 0.1) is 18.6 Å². The highest BCUT2D eigenvalue weighted by Gasteiger charge is 2.40. The summed E-state index contributed by atoms with van der Waals surface area (Å²) in [4.78, 5) is 4.45. The van der Waals surface area contributed by atoms with Crippen molar-refractivity contribution in [3.63, 3.8) is 0 Å². The Morgan fingerprint density at radius 3 is 2.62 bits per heavy atom. The molecule has 0 aliphatic heterocycles. The van der Waals surface area contributed by atoms with Gasteiger partial charge >= 0.3 is 0 Å². The molecule has 4 rings (SSSR count). The number of anilines is 2. The molecule has 1 aromatic carbocycles. The first-order valence-electron chi connectivity index (χ1n) is 7.35. The van der Waals surface area contributed by atoms with Gasteiger partial charge in [-0.25, -0.2) is 8.78 Å². The highest BCUT2D eigenvalue weighted by atomic mass is 19.1. The van der Waals surface area contributed by atoms with Crippen LogP contribution in [0.1, 0.15) is 47.9 Å². The van der Waals surface area contributed by atoms with E-state index < -0.39 is 11.6 Å². The van der Waals surface area contributed by atoms with Crippen LogP contribution in [0.15, 0.2) is 24.4 Å². The van der Waals surface area contributed by atoms with Crippen molar-refractivity contribution in [3.8, 4) is 0 Å².